The van der Waals surface area contributed by atoms with E-state index in [0.29, 0.717) is 0 Å². The van der Waals surface area contributed by atoms with Gasteiger partial charge in [-0.3, -0.25) is 20.8 Å². The van der Waals surface area contributed by atoms with E-state index in [1.165, 1.54) is 36.4 Å². The molecule has 0 spiro atoms. The number of hydrogen-bond acceptors (Lipinski definition) is 5. The number of carbonyl (C=O) groups is 1. The summed E-state index contributed by atoms with van der Waals surface area (Å²) in [7, 11) is 0. The van der Waals surface area contributed by atoms with Crippen LogP contribution in [0.3, 0.4) is 0 Å². The molecule has 2 aromatic rings. The van der Waals surface area contributed by atoms with Crippen LogP contribution >= 0.6 is 0 Å². The quantitative estimate of drug-likeness (QED) is 0.454. The second-order valence-corrected chi connectivity index (χ2v) is 4.07. The Labute approximate surface area is 118 Å². The third kappa shape index (κ3) is 3.12. The monoisotopic (exact) mass is 290 g/mol. The number of nitrogens with zero attached hydrogens (tertiary/aromatic N) is 1. The van der Waals surface area contributed by atoms with Gasteiger partial charge in [-0.05, 0) is 18.2 Å². The van der Waals surface area contributed by atoms with Gasteiger partial charge in [0.05, 0.1) is 16.2 Å². The van der Waals surface area contributed by atoms with Gasteiger partial charge in [0.2, 0.25) is 0 Å². The standard InChI is InChI=1S/C13H11FN4O3/c14-11-6-2-5-10(12(11)17-15)13(19)16-8-3-1-4-9(7-8)18(20)21/h1-7,17H,15H2,(H,16,19). The van der Waals surface area contributed by atoms with Gasteiger partial charge in [-0.15, -0.1) is 0 Å². The number of nitrogens with one attached hydrogen (secondary N) is 2. The Morgan fingerprint density at radius 3 is 2.62 bits per heavy atom. The lowest BCUT2D eigenvalue weighted by Crippen LogP contribution is -2.18. The normalized spacial score (nSPS) is 10.0. The summed E-state index contributed by atoms with van der Waals surface area (Å²) in [6.07, 6.45) is 0. The maximum absolute atomic E-state index is 13.5. The average molecular weight is 290 g/mol. The van der Waals surface area contributed by atoms with Crippen molar-refractivity contribution in [2.24, 2.45) is 5.84 Å². The Kier molecular flexibility index (Phi) is 4.10. The highest BCUT2D eigenvalue weighted by Crippen LogP contribution is 2.22. The van der Waals surface area contributed by atoms with Crippen molar-refractivity contribution in [3.8, 4) is 0 Å². The van der Waals surface area contributed by atoms with E-state index in [4.69, 9.17) is 5.84 Å². The SMILES string of the molecule is NNc1c(F)cccc1C(=O)Nc1cccc([N+](=O)[O-])c1. The number of anilines is 2. The van der Waals surface area contributed by atoms with E-state index in [2.05, 4.69) is 10.7 Å². The molecular formula is C13H11FN4O3. The van der Waals surface area contributed by atoms with Crippen LogP contribution in [0, 0.1) is 15.9 Å². The minimum atomic E-state index is -0.677. The number of nitro groups is 1. The van der Waals surface area contributed by atoms with E-state index in [9.17, 15) is 19.3 Å². The summed E-state index contributed by atoms with van der Waals surface area (Å²) in [5.41, 5.74) is 2.01. The van der Waals surface area contributed by atoms with Crippen LogP contribution in [0.2, 0.25) is 0 Å². The lowest BCUT2D eigenvalue weighted by Gasteiger charge is -2.10. The number of non-ortho nitro benzene ring substituents is 1. The molecule has 8 heteroatoms. The summed E-state index contributed by atoms with van der Waals surface area (Å²) in [6.45, 7) is 0. The fraction of sp³-hybridized carbons (Fsp3) is 0. The number of hydrogen-bond donors (Lipinski definition) is 3. The van der Waals surface area contributed by atoms with Gasteiger partial charge in [0.1, 0.15) is 5.82 Å². The number of nitrogens with two attached hydrogens (primary N) is 1. The summed E-state index contributed by atoms with van der Waals surface area (Å²) in [5, 5.41) is 13.1. The number of amides is 1. The van der Waals surface area contributed by atoms with Crippen LogP contribution in [0.1, 0.15) is 10.4 Å². The third-order valence-corrected chi connectivity index (χ3v) is 2.72. The molecule has 21 heavy (non-hydrogen) atoms. The molecule has 0 aromatic heterocycles. The molecule has 0 aliphatic carbocycles. The fourth-order valence-corrected chi connectivity index (χ4v) is 1.76. The number of halogens is 1. The van der Waals surface area contributed by atoms with Crippen LogP contribution in [0.25, 0.3) is 0 Å². The van der Waals surface area contributed by atoms with E-state index in [1.807, 2.05) is 0 Å². The van der Waals surface area contributed by atoms with Crippen molar-refractivity contribution in [1.29, 1.82) is 0 Å². The number of carbonyl (C=O) groups excluding carboxylic acids is 1. The second kappa shape index (κ2) is 5.97. The Balaban J connectivity index is 2.28. The highest BCUT2D eigenvalue weighted by atomic mass is 19.1. The van der Waals surface area contributed by atoms with Crippen LogP contribution in [-0.2, 0) is 0 Å². The highest BCUT2D eigenvalue weighted by molar-refractivity contribution is 6.08. The van der Waals surface area contributed by atoms with E-state index in [1.54, 1.807) is 0 Å². The number of hydrazine groups is 1. The fourth-order valence-electron chi connectivity index (χ4n) is 1.76. The number of nitro benzene ring substituents is 1. The highest BCUT2D eigenvalue weighted by Gasteiger charge is 2.15. The first-order chi connectivity index (χ1) is 10.0. The zero-order chi connectivity index (χ0) is 15.4. The van der Waals surface area contributed by atoms with Gasteiger partial charge >= 0.3 is 0 Å². The van der Waals surface area contributed by atoms with Crippen molar-refractivity contribution in [2.45, 2.75) is 0 Å². The van der Waals surface area contributed by atoms with Crippen molar-refractivity contribution in [3.63, 3.8) is 0 Å². The Morgan fingerprint density at radius 2 is 1.95 bits per heavy atom. The summed E-state index contributed by atoms with van der Waals surface area (Å²) < 4.78 is 13.5. The van der Waals surface area contributed by atoms with E-state index < -0.39 is 16.6 Å². The zero-order valence-electron chi connectivity index (χ0n) is 10.7. The molecule has 0 bridgehead atoms. The molecule has 0 atom stereocenters. The van der Waals surface area contributed by atoms with Crippen molar-refractivity contribution >= 4 is 23.0 Å². The Morgan fingerprint density at radius 1 is 1.24 bits per heavy atom. The molecule has 0 saturated heterocycles. The van der Waals surface area contributed by atoms with Crippen molar-refractivity contribution in [1.82, 2.24) is 0 Å². The lowest BCUT2D eigenvalue weighted by molar-refractivity contribution is -0.384. The van der Waals surface area contributed by atoms with Crippen LogP contribution in [0.4, 0.5) is 21.5 Å². The first-order valence-corrected chi connectivity index (χ1v) is 5.84. The molecule has 1 amide bonds. The summed E-state index contributed by atoms with van der Waals surface area (Å²) in [5.74, 6) is 3.87. The number of para-hydroxylation sites is 1. The molecule has 4 N–H and O–H groups in total. The topological polar surface area (TPSA) is 110 Å². The van der Waals surface area contributed by atoms with Gasteiger partial charge in [-0.25, -0.2) is 4.39 Å². The predicted molar refractivity (Wildman–Crippen MR) is 75.3 cm³/mol. The molecule has 0 saturated carbocycles. The van der Waals surface area contributed by atoms with E-state index >= 15 is 0 Å². The number of benzene rings is 2. The summed E-state index contributed by atoms with van der Waals surface area (Å²) in [6, 6.07) is 9.31. The molecule has 2 aromatic carbocycles. The molecule has 0 heterocycles. The zero-order valence-corrected chi connectivity index (χ0v) is 10.7. The van der Waals surface area contributed by atoms with Crippen molar-refractivity contribution in [3.05, 3.63) is 64.0 Å². The minimum Gasteiger partial charge on any atom is -0.322 e. The van der Waals surface area contributed by atoms with Gasteiger partial charge in [-0.2, -0.15) is 0 Å². The number of rotatable bonds is 4. The number of nitrogen functional groups attached to an aromatic ring is 1. The Bertz CT molecular complexity index is 706. The molecule has 2 rings (SSSR count). The third-order valence-electron chi connectivity index (χ3n) is 2.72. The lowest BCUT2D eigenvalue weighted by atomic mass is 10.1. The predicted octanol–water partition coefficient (Wildman–Crippen LogP) is 2.27. The summed E-state index contributed by atoms with van der Waals surface area (Å²) in [4.78, 5) is 22.2. The second-order valence-electron chi connectivity index (χ2n) is 4.07. The van der Waals surface area contributed by atoms with Crippen molar-refractivity contribution in [2.75, 3.05) is 10.7 Å². The van der Waals surface area contributed by atoms with Gasteiger partial charge in [0, 0.05) is 17.8 Å². The largest absolute Gasteiger partial charge is 0.322 e. The summed E-state index contributed by atoms with van der Waals surface area (Å²) >= 11 is 0. The molecule has 7 nitrogen and oxygen atoms in total. The van der Waals surface area contributed by atoms with Gasteiger partial charge in [0.25, 0.3) is 11.6 Å². The van der Waals surface area contributed by atoms with Gasteiger partial charge in [0.15, 0.2) is 0 Å². The molecule has 0 radical (unpaired) electrons. The smallest absolute Gasteiger partial charge is 0.271 e. The molecule has 0 aliphatic heterocycles. The van der Waals surface area contributed by atoms with Crippen LogP contribution < -0.4 is 16.6 Å². The Hall–Kier alpha value is -3.00. The molecule has 0 unspecified atom stereocenters. The van der Waals surface area contributed by atoms with Gasteiger partial charge in [-0.1, -0.05) is 12.1 Å². The molecule has 0 aliphatic rings. The van der Waals surface area contributed by atoms with Crippen molar-refractivity contribution < 1.29 is 14.1 Å². The minimum absolute atomic E-state index is 0.0102. The van der Waals surface area contributed by atoms with E-state index in [0.717, 1.165) is 6.07 Å². The van der Waals surface area contributed by atoms with Gasteiger partial charge < -0.3 is 10.7 Å². The maximum atomic E-state index is 13.5. The molecule has 108 valence electrons. The van der Waals surface area contributed by atoms with Crippen LogP contribution in [-0.4, -0.2) is 10.8 Å². The van der Waals surface area contributed by atoms with Crippen LogP contribution in [0.5, 0.6) is 0 Å². The van der Waals surface area contributed by atoms with E-state index in [-0.39, 0.29) is 22.6 Å². The molecule has 0 fully saturated rings. The molecular weight excluding hydrogens is 279 g/mol. The first-order valence-electron chi connectivity index (χ1n) is 5.84. The maximum Gasteiger partial charge on any atom is 0.271 e. The first kappa shape index (κ1) is 14.4. The average Bonchev–Trinajstić information content (AvgIpc) is 2.47. The van der Waals surface area contributed by atoms with Crippen LogP contribution in [0.15, 0.2) is 42.5 Å².